The molecule has 0 unspecified atom stereocenters. The zero-order valence-electron chi connectivity index (χ0n) is 21.1. The van der Waals surface area contributed by atoms with E-state index in [1.807, 2.05) is 5.43 Å². The topological polar surface area (TPSA) is 208 Å². The van der Waals surface area contributed by atoms with Crippen LogP contribution in [0.15, 0.2) is 83.1 Å². The van der Waals surface area contributed by atoms with Gasteiger partial charge in [0.1, 0.15) is 11.4 Å². The Labute approximate surface area is 233 Å². The highest BCUT2D eigenvalue weighted by Crippen LogP contribution is 2.35. The largest absolute Gasteiger partial charge is 0.859 e. The number of halogens is 3. The van der Waals surface area contributed by atoms with Gasteiger partial charge in [0.05, 0.1) is 21.5 Å². The first-order valence-electron chi connectivity index (χ1n) is 11.8. The molecule has 0 aliphatic carbocycles. The minimum absolute atomic E-state index is 0.208. The predicted molar refractivity (Wildman–Crippen MR) is 141 cm³/mol. The van der Waals surface area contributed by atoms with Gasteiger partial charge in [0, 0.05) is 29.3 Å². The van der Waals surface area contributed by atoms with Crippen LogP contribution in [-0.2, 0) is 12.6 Å². The van der Waals surface area contributed by atoms with Gasteiger partial charge in [0.2, 0.25) is 0 Å². The van der Waals surface area contributed by atoms with Crippen LogP contribution in [0.3, 0.4) is 0 Å². The SMILES string of the molecule is NC(=O)NNC(Cc1nc2ccc(C(=O)c3ccccc3)cc2[nH]c1=O)=C([O-])Nc1ccc(C(F)(F)F)cc1[N+](=O)[O-]. The number of ketones is 1. The molecule has 0 fully saturated rings. The van der Waals surface area contributed by atoms with Crippen LogP contribution in [0.1, 0.15) is 27.2 Å². The molecular weight excluding hydrogens is 563 g/mol. The summed E-state index contributed by atoms with van der Waals surface area (Å²) >= 11 is 0. The number of alkyl halides is 3. The van der Waals surface area contributed by atoms with Crippen molar-refractivity contribution in [2.75, 3.05) is 5.32 Å². The van der Waals surface area contributed by atoms with Gasteiger partial charge in [-0.3, -0.25) is 25.1 Å². The maximum Gasteiger partial charge on any atom is 0.416 e. The third-order valence-corrected chi connectivity index (χ3v) is 5.79. The maximum atomic E-state index is 13.0. The summed E-state index contributed by atoms with van der Waals surface area (Å²) in [4.78, 5) is 53.9. The fourth-order valence-electron chi connectivity index (χ4n) is 3.79. The van der Waals surface area contributed by atoms with E-state index in [4.69, 9.17) is 5.73 Å². The van der Waals surface area contributed by atoms with Gasteiger partial charge in [-0.2, -0.15) is 13.2 Å². The maximum absolute atomic E-state index is 13.0. The molecule has 3 aromatic carbocycles. The van der Waals surface area contributed by atoms with Crippen LogP contribution >= 0.6 is 0 Å². The molecule has 0 saturated heterocycles. The van der Waals surface area contributed by atoms with Crippen molar-refractivity contribution in [2.24, 2.45) is 5.73 Å². The lowest BCUT2D eigenvalue weighted by Crippen LogP contribution is -2.43. The van der Waals surface area contributed by atoms with Gasteiger partial charge in [0.15, 0.2) is 5.78 Å². The van der Waals surface area contributed by atoms with E-state index in [0.717, 1.165) is 0 Å². The van der Waals surface area contributed by atoms with Crippen molar-refractivity contribution in [3.63, 3.8) is 0 Å². The van der Waals surface area contributed by atoms with E-state index >= 15 is 0 Å². The Hall–Kier alpha value is -5.93. The molecule has 0 bridgehead atoms. The number of aromatic nitrogens is 2. The number of aromatic amines is 1. The van der Waals surface area contributed by atoms with Gasteiger partial charge < -0.3 is 26.6 Å². The number of nitrogens with one attached hydrogen (secondary N) is 4. The molecule has 42 heavy (non-hydrogen) atoms. The van der Waals surface area contributed by atoms with E-state index in [-0.39, 0.29) is 34.1 Å². The molecule has 4 aromatic rings. The number of amides is 2. The average Bonchev–Trinajstić information content (AvgIpc) is 2.94. The highest BCUT2D eigenvalue weighted by molar-refractivity contribution is 6.10. The molecule has 0 radical (unpaired) electrons. The molecule has 1 aromatic heterocycles. The van der Waals surface area contributed by atoms with Crippen LogP contribution < -0.4 is 32.6 Å². The van der Waals surface area contributed by atoms with Crippen LogP contribution in [0.2, 0.25) is 0 Å². The van der Waals surface area contributed by atoms with Gasteiger partial charge in [-0.1, -0.05) is 30.3 Å². The highest BCUT2D eigenvalue weighted by atomic mass is 19.4. The lowest BCUT2D eigenvalue weighted by atomic mass is 10.0. The minimum Gasteiger partial charge on any atom is -0.859 e. The first-order valence-corrected chi connectivity index (χ1v) is 11.8. The van der Waals surface area contributed by atoms with E-state index < -0.39 is 57.6 Å². The molecular formula is C26H19F3N7O6-. The summed E-state index contributed by atoms with van der Waals surface area (Å²) in [5.74, 6) is -1.45. The number of nitrogens with two attached hydrogens (primary N) is 1. The lowest BCUT2D eigenvalue weighted by molar-refractivity contribution is -0.384. The van der Waals surface area contributed by atoms with Crippen molar-refractivity contribution in [2.45, 2.75) is 12.6 Å². The minimum atomic E-state index is -4.88. The number of nitro benzene ring substituents is 1. The lowest BCUT2D eigenvalue weighted by Gasteiger charge is -2.22. The van der Waals surface area contributed by atoms with E-state index in [1.165, 1.54) is 18.2 Å². The number of hydrogen-bond donors (Lipinski definition) is 5. The molecule has 1 heterocycles. The number of nitro groups is 1. The number of carbonyl (C=O) groups excluding carboxylic acids is 2. The number of rotatable bonds is 9. The second-order valence-corrected chi connectivity index (χ2v) is 8.65. The Morgan fingerprint density at radius 1 is 1.00 bits per heavy atom. The van der Waals surface area contributed by atoms with Crippen LogP contribution in [0.5, 0.6) is 0 Å². The third kappa shape index (κ3) is 6.61. The number of fused-ring (bicyclic) bond motifs is 1. The molecule has 0 aliphatic heterocycles. The normalized spacial score (nSPS) is 11.9. The van der Waals surface area contributed by atoms with Gasteiger partial charge in [-0.15, -0.1) is 0 Å². The van der Waals surface area contributed by atoms with E-state index in [9.17, 15) is 42.8 Å². The summed E-state index contributed by atoms with van der Waals surface area (Å²) in [5, 5.41) is 26.5. The van der Waals surface area contributed by atoms with Gasteiger partial charge >= 0.3 is 12.2 Å². The van der Waals surface area contributed by atoms with Crippen molar-refractivity contribution >= 4 is 34.2 Å². The summed E-state index contributed by atoms with van der Waals surface area (Å²) < 4.78 is 39.1. The Bertz CT molecular complexity index is 1790. The molecule has 4 rings (SSSR count). The van der Waals surface area contributed by atoms with E-state index in [0.29, 0.717) is 17.7 Å². The van der Waals surface area contributed by atoms with Crippen LogP contribution in [0, 0.1) is 10.1 Å². The first-order chi connectivity index (χ1) is 19.8. The number of primary amides is 1. The number of anilines is 1. The number of benzene rings is 3. The molecule has 0 atom stereocenters. The second-order valence-electron chi connectivity index (χ2n) is 8.65. The van der Waals surface area contributed by atoms with Crippen LogP contribution in [0.25, 0.3) is 11.0 Å². The van der Waals surface area contributed by atoms with Crippen LogP contribution in [0.4, 0.5) is 29.3 Å². The molecule has 0 spiro atoms. The van der Waals surface area contributed by atoms with Gasteiger partial charge in [-0.25, -0.2) is 9.78 Å². The Morgan fingerprint density at radius 2 is 1.71 bits per heavy atom. The van der Waals surface area contributed by atoms with E-state index in [1.54, 1.807) is 30.3 Å². The van der Waals surface area contributed by atoms with Crippen molar-refractivity contribution in [1.82, 2.24) is 20.8 Å². The molecule has 0 aliphatic rings. The van der Waals surface area contributed by atoms with Crippen molar-refractivity contribution in [3.8, 4) is 0 Å². The van der Waals surface area contributed by atoms with Crippen molar-refractivity contribution in [3.05, 3.63) is 121 Å². The summed E-state index contributed by atoms with van der Waals surface area (Å²) in [7, 11) is 0. The van der Waals surface area contributed by atoms with Gasteiger partial charge in [-0.05, 0) is 36.2 Å². The quantitative estimate of drug-likeness (QED) is 0.0848. The van der Waals surface area contributed by atoms with Crippen LogP contribution in [-0.4, -0.2) is 26.7 Å². The smallest absolute Gasteiger partial charge is 0.416 e. The number of allylic oxidation sites excluding steroid dienone is 1. The number of H-pyrrole nitrogens is 1. The standard InChI is InChI=1S/C26H20F3N7O6/c27-26(28,29)15-7-9-17(21(11-15)36(41)42)32-24(39)20(34-35-25(30)40)12-19-23(38)33-18-10-14(6-8-16(18)31-19)22(37)13-4-2-1-3-5-13/h1-11,32,34,39H,12H2,(H,33,38)(H3,30,35,40)/p-1. The highest BCUT2D eigenvalue weighted by Gasteiger charge is 2.33. The summed E-state index contributed by atoms with van der Waals surface area (Å²) in [5.41, 5.74) is 5.79. The van der Waals surface area contributed by atoms with Crippen molar-refractivity contribution < 1.29 is 32.8 Å². The molecule has 16 heteroatoms. The zero-order chi connectivity index (χ0) is 30.6. The number of urea groups is 1. The number of hydrazine groups is 1. The van der Waals surface area contributed by atoms with E-state index in [2.05, 4.69) is 20.7 Å². The molecule has 6 N–H and O–H groups in total. The molecule has 13 nitrogen and oxygen atoms in total. The fraction of sp³-hybridized carbons (Fsp3) is 0.0769. The Balaban J connectivity index is 1.68. The number of nitrogens with zero attached hydrogens (tertiary/aromatic N) is 2. The Kier molecular flexibility index (Phi) is 8.07. The molecule has 2 amide bonds. The summed E-state index contributed by atoms with van der Waals surface area (Å²) in [6, 6.07) is 13.1. The molecule has 216 valence electrons. The number of hydrogen-bond acceptors (Lipinski definition) is 9. The van der Waals surface area contributed by atoms with Crippen molar-refractivity contribution in [1.29, 1.82) is 0 Å². The third-order valence-electron chi connectivity index (χ3n) is 5.79. The first kappa shape index (κ1) is 29.1. The Morgan fingerprint density at radius 3 is 2.36 bits per heavy atom. The predicted octanol–water partition coefficient (Wildman–Crippen LogP) is 2.44. The summed E-state index contributed by atoms with van der Waals surface area (Å²) in [6.07, 6.45) is -5.47. The number of carbonyl (C=O) groups is 2. The average molecular weight is 582 g/mol. The van der Waals surface area contributed by atoms with Gasteiger partial charge in [0.25, 0.3) is 11.2 Å². The second kappa shape index (κ2) is 11.7. The molecule has 0 saturated carbocycles. The monoisotopic (exact) mass is 582 g/mol. The zero-order valence-corrected chi connectivity index (χ0v) is 21.1. The summed E-state index contributed by atoms with van der Waals surface area (Å²) in [6.45, 7) is 0. The fourth-order valence-corrected chi connectivity index (χ4v) is 3.79.